The zero-order valence-corrected chi connectivity index (χ0v) is 19.0. The topological polar surface area (TPSA) is 110 Å². The number of hydrogen-bond acceptors (Lipinski definition) is 6. The molecule has 2 aromatic rings. The summed E-state index contributed by atoms with van der Waals surface area (Å²) in [5.41, 5.74) is 2.50. The summed E-state index contributed by atoms with van der Waals surface area (Å²) in [5.74, 6) is -0.523. The lowest BCUT2D eigenvalue weighted by molar-refractivity contribution is -0.384. The van der Waals surface area contributed by atoms with E-state index in [0.29, 0.717) is 40.9 Å². The van der Waals surface area contributed by atoms with Crippen LogP contribution in [0.25, 0.3) is 0 Å². The highest BCUT2D eigenvalue weighted by Gasteiger charge is 2.45. The molecule has 1 N–H and O–H groups in total. The Balaban J connectivity index is 1.93. The van der Waals surface area contributed by atoms with Gasteiger partial charge in [0.2, 0.25) is 5.91 Å². The van der Waals surface area contributed by atoms with E-state index in [1.54, 1.807) is 25.1 Å². The molecule has 1 heterocycles. The smallest absolute Gasteiger partial charge is 0.271 e. The number of nitro benzene ring substituents is 1. The predicted octanol–water partition coefficient (Wildman–Crippen LogP) is 4.78. The van der Waals surface area contributed by atoms with Crippen LogP contribution in [-0.4, -0.2) is 28.8 Å². The minimum absolute atomic E-state index is 0.0254. The summed E-state index contributed by atoms with van der Waals surface area (Å²) in [7, 11) is 1.44. The molecular weight excluding hydrogens is 424 g/mol. The molecule has 33 heavy (non-hydrogen) atoms. The molecule has 0 fully saturated rings. The Morgan fingerprint density at radius 1 is 1.15 bits per heavy atom. The van der Waals surface area contributed by atoms with E-state index in [0.717, 1.165) is 0 Å². The number of phenolic OH excluding ortho intramolecular Hbond substituents is 1. The molecule has 172 valence electrons. The number of non-ortho nitro benzene ring substituents is 1. The van der Waals surface area contributed by atoms with Crippen molar-refractivity contribution >= 4 is 23.1 Å². The molecule has 0 aromatic heterocycles. The van der Waals surface area contributed by atoms with Crippen molar-refractivity contribution in [3.63, 3.8) is 0 Å². The molecule has 1 atom stereocenters. The zero-order chi connectivity index (χ0) is 24.1. The number of nitrogens with zero attached hydrogens (tertiary/aromatic N) is 2. The first-order valence-electron chi connectivity index (χ1n) is 10.7. The van der Waals surface area contributed by atoms with Crippen molar-refractivity contribution in [2.24, 2.45) is 5.41 Å². The van der Waals surface area contributed by atoms with E-state index in [2.05, 4.69) is 0 Å². The maximum Gasteiger partial charge on any atom is 0.271 e. The molecule has 1 aliphatic carbocycles. The fourth-order valence-corrected chi connectivity index (χ4v) is 4.84. The number of anilines is 1. The van der Waals surface area contributed by atoms with Gasteiger partial charge in [-0.15, -0.1) is 0 Å². The number of ether oxygens (including phenoxy) is 1. The summed E-state index contributed by atoms with van der Waals surface area (Å²) in [6.07, 6.45) is 0.849. The van der Waals surface area contributed by atoms with Gasteiger partial charge in [0, 0.05) is 42.2 Å². The van der Waals surface area contributed by atoms with Crippen LogP contribution in [0.1, 0.15) is 50.2 Å². The Morgan fingerprint density at radius 2 is 1.88 bits per heavy atom. The molecule has 0 bridgehead atoms. The van der Waals surface area contributed by atoms with Gasteiger partial charge in [-0.3, -0.25) is 24.6 Å². The number of hydrogen-bond donors (Lipinski definition) is 1. The molecule has 0 radical (unpaired) electrons. The van der Waals surface area contributed by atoms with E-state index < -0.39 is 10.8 Å². The number of benzene rings is 2. The number of aryl methyl sites for hydroxylation is 1. The molecule has 1 amide bonds. The van der Waals surface area contributed by atoms with Crippen LogP contribution >= 0.6 is 0 Å². The summed E-state index contributed by atoms with van der Waals surface area (Å²) in [4.78, 5) is 39.4. The molecule has 0 spiro atoms. The van der Waals surface area contributed by atoms with Gasteiger partial charge in [-0.2, -0.15) is 0 Å². The van der Waals surface area contributed by atoms with Crippen molar-refractivity contribution in [1.82, 2.24) is 0 Å². The van der Waals surface area contributed by atoms with E-state index in [-0.39, 0.29) is 40.7 Å². The average molecular weight is 450 g/mol. The number of allylic oxidation sites excluding steroid dienone is 2. The zero-order valence-electron chi connectivity index (χ0n) is 19.0. The summed E-state index contributed by atoms with van der Waals surface area (Å²) in [5, 5.41) is 21.4. The van der Waals surface area contributed by atoms with E-state index in [1.165, 1.54) is 30.2 Å². The molecule has 0 saturated heterocycles. The first-order valence-corrected chi connectivity index (χ1v) is 10.7. The predicted molar refractivity (Wildman–Crippen MR) is 122 cm³/mol. The van der Waals surface area contributed by atoms with Crippen LogP contribution in [0, 0.1) is 22.5 Å². The highest BCUT2D eigenvalue weighted by atomic mass is 16.6. The fourth-order valence-electron chi connectivity index (χ4n) is 4.84. The number of aromatic hydroxyl groups is 1. The van der Waals surface area contributed by atoms with Crippen molar-refractivity contribution in [2.75, 3.05) is 12.0 Å². The molecule has 2 aromatic carbocycles. The third-order valence-electron chi connectivity index (χ3n) is 6.39. The number of ketones is 1. The quantitative estimate of drug-likeness (QED) is 0.530. The minimum atomic E-state index is -0.492. The van der Waals surface area contributed by atoms with Gasteiger partial charge < -0.3 is 9.84 Å². The first kappa shape index (κ1) is 22.5. The molecule has 0 saturated carbocycles. The third kappa shape index (κ3) is 3.97. The van der Waals surface area contributed by atoms with E-state index in [1.807, 2.05) is 13.8 Å². The number of phenols is 1. The molecule has 1 unspecified atom stereocenters. The van der Waals surface area contributed by atoms with Gasteiger partial charge in [-0.25, -0.2) is 0 Å². The number of carbonyl (C=O) groups is 2. The van der Waals surface area contributed by atoms with E-state index >= 15 is 0 Å². The van der Waals surface area contributed by atoms with Crippen molar-refractivity contribution in [3.8, 4) is 11.5 Å². The van der Waals surface area contributed by atoms with Crippen molar-refractivity contribution in [1.29, 1.82) is 0 Å². The largest absolute Gasteiger partial charge is 0.504 e. The van der Waals surface area contributed by atoms with Gasteiger partial charge in [-0.05, 0) is 42.0 Å². The summed E-state index contributed by atoms with van der Waals surface area (Å²) < 4.78 is 5.23. The van der Waals surface area contributed by atoms with Crippen LogP contribution < -0.4 is 9.64 Å². The van der Waals surface area contributed by atoms with Crippen LogP contribution in [-0.2, 0) is 9.59 Å². The molecule has 4 rings (SSSR count). The average Bonchev–Trinajstić information content (AvgIpc) is 2.73. The van der Waals surface area contributed by atoms with Gasteiger partial charge >= 0.3 is 0 Å². The number of carbonyl (C=O) groups excluding carboxylic acids is 2. The number of nitro groups is 1. The number of methoxy groups -OCH3 is 1. The lowest BCUT2D eigenvalue weighted by Gasteiger charge is -2.43. The van der Waals surface area contributed by atoms with E-state index in [4.69, 9.17) is 4.74 Å². The monoisotopic (exact) mass is 450 g/mol. The summed E-state index contributed by atoms with van der Waals surface area (Å²) in [6, 6.07) is 9.26. The molecule has 1 aliphatic heterocycles. The second kappa shape index (κ2) is 8.03. The highest BCUT2D eigenvalue weighted by Crippen LogP contribution is 2.49. The second-order valence-electron chi connectivity index (χ2n) is 9.45. The van der Waals surface area contributed by atoms with Gasteiger partial charge in [0.15, 0.2) is 17.3 Å². The molecule has 8 nitrogen and oxygen atoms in total. The SMILES string of the molecule is COc1cc(C2CC(=O)N(c3cc([N+](=O)[O-])ccc3C)C3=C2C(=O)CC(C)(C)C3)ccc1O. The van der Waals surface area contributed by atoms with Gasteiger partial charge in [0.1, 0.15) is 0 Å². The van der Waals surface area contributed by atoms with Crippen LogP contribution in [0.4, 0.5) is 11.4 Å². The van der Waals surface area contributed by atoms with Crippen molar-refractivity contribution in [2.45, 2.75) is 46.0 Å². The highest BCUT2D eigenvalue weighted by molar-refractivity contribution is 6.08. The standard InChI is InChI=1S/C25H26N2O6/c1-14-5-7-16(27(31)32)10-18(14)26-19-12-25(2,3)13-21(29)24(19)17(11-23(26)30)15-6-8-20(28)22(9-15)33-4/h5-10,17,28H,11-13H2,1-4H3. The Hall–Kier alpha value is -3.68. The third-order valence-corrected chi connectivity index (χ3v) is 6.39. The first-order chi connectivity index (χ1) is 15.5. The maximum absolute atomic E-state index is 13.5. The van der Waals surface area contributed by atoms with Crippen molar-refractivity contribution in [3.05, 3.63) is 68.9 Å². The second-order valence-corrected chi connectivity index (χ2v) is 9.45. The lowest BCUT2D eigenvalue weighted by Crippen LogP contribution is -2.44. The van der Waals surface area contributed by atoms with Gasteiger partial charge in [-0.1, -0.05) is 26.0 Å². The normalized spacial score (nSPS) is 20.0. The maximum atomic E-state index is 13.5. The Morgan fingerprint density at radius 3 is 2.55 bits per heavy atom. The van der Waals surface area contributed by atoms with Gasteiger partial charge in [0.25, 0.3) is 5.69 Å². The molecule has 8 heteroatoms. The number of Topliss-reactive ketones (excluding diaryl/α,β-unsaturated/α-hetero) is 1. The number of amides is 1. The van der Waals surface area contributed by atoms with Crippen LogP contribution in [0.15, 0.2) is 47.7 Å². The number of rotatable bonds is 4. The minimum Gasteiger partial charge on any atom is -0.504 e. The Labute approximate surface area is 191 Å². The van der Waals surface area contributed by atoms with Crippen LogP contribution in [0.5, 0.6) is 11.5 Å². The lowest BCUT2D eigenvalue weighted by atomic mass is 9.69. The Bertz CT molecular complexity index is 1210. The van der Waals surface area contributed by atoms with Gasteiger partial charge in [0.05, 0.1) is 17.7 Å². The summed E-state index contributed by atoms with van der Waals surface area (Å²) in [6.45, 7) is 5.74. The van der Waals surface area contributed by atoms with Crippen LogP contribution in [0.3, 0.4) is 0 Å². The van der Waals surface area contributed by atoms with Crippen molar-refractivity contribution < 1.29 is 24.4 Å². The van der Waals surface area contributed by atoms with Crippen LogP contribution in [0.2, 0.25) is 0 Å². The van der Waals surface area contributed by atoms with E-state index in [9.17, 15) is 24.8 Å². The summed E-state index contributed by atoms with van der Waals surface area (Å²) >= 11 is 0. The Kier molecular flexibility index (Phi) is 5.47. The fraction of sp³-hybridized carbons (Fsp3) is 0.360. The molecule has 2 aliphatic rings. The molecular formula is C25H26N2O6.